The van der Waals surface area contributed by atoms with Crippen LogP contribution < -0.4 is 0 Å². The van der Waals surface area contributed by atoms with Gasteiger partial charge in [0.25, 0.3) is 0 Å². The van der Waals surface area contributed by atoms with Gasteiger partial charge in [0, 0.05) is 5.75 Å². The van der Waals surface area contributed by atoms with Gasteiger partial charge in [0.15, 0.2) is 0 Å². The summed E-state index contributed by atoms with van der Waals surface area (Å²) >= 11 is 1.58. The van der Waals surface area contributed by atoms with E-state index in [2.05, 4.69) is 45.9 Å². The van der Waals surface area contributed by atoms with Crippen molar-refractivity contribution in [2.75, 3.05) is 6.61 Å². The molecule has 2 aromatic carbocycles. The Balaban J connectivity index is 1.81. The molecule has 0 spiro atoms. The molecule has 0 saturated carbocycles. The van der Waals surface area contributed by atoms with E-state index in [-0.39, 0.29) is 6.61 Å². The number of thioether (sulfide) groups is 1. The lowest BCUT2D eigenvalue weighted by Gasteiger charge is -2.06. The van der Waals surface area contributed by atoms with E-state index in [4.69, 9.17) is 5.11 Å². The molecule has 0 radical (unpaired) electrons. The third-order valence-electron chi connectivity index (χ3n) is 3.05. The fourth-order valence-electron chi connectivity index (χ4n) is 2.10. The number of tetrazole rings is 1. The van der Waals surface area contributed by atoms with Crippen LogP contribution in [0.25, 0.3) is 10.8 Å². The van der Waals surface area contributed by atoms with E-state index in [0.717, 1.165) is 10.9 Å². The highest BCUT2D eigenvalue weighted by Crippen LogP contribution is 2.25. The molecule has 0 aliphatic rings. The largest absolute Gasteiger partial charge is 0.394 e. The molecule has 5 nitrogen and oxygen atoms in total. The minimum atomic E-state index is 0.0346. The van der Waals surface area contributed by atoms with Crippen LogP contribution in [-0.2, 0) is 12.3 Å². The minimum Gasteiger partial charge on any atom is -0.394 e. The minimum absolute atomic E-state index is 0.0346. The highest BCUT2D eigenvalue weighted by atomic mass is 32.2. The number of aliphatic hydroxyl groups is 1. The molecular formula is C14H14N4OS. The second-order valence-corrected chi connectivity index (χ2v) is 5.28. The highest BCUT2D eigenvalue weighted by molar-refractivity contribution is 7.98. The van der Waals surface area contributed by atoms with Crippen molar-refractivity contribution in [2.24, 2.45) is 0 Å². The van der Waals surface area contributed by atoms with Crippen LogP contribution in [0, 0.1) is 0 Å². The quantitative estimate of drug-likeness (QED) is 0.728. The molecule has 0 amide bonds. The van der Waals surface area contributed by atoms with Gasteiger partial charge in [0.1, 0.15) is 0 Å². The van der Waals surface area contributed by atoms with Crippen molar-refractivity contribution in [1.82, 2.24) is 20.2 Å². The molecule has 3 aromatic rings. The molecule has 0 fully saturated rings. The second kappa shape index (κ2) is 6.02. The van der Waals surface area contributed by atoms with E-state index in [1.165, 1.54) is 16.3 Å². The van der Waals surface area contributed by atoms with E-state index in [0.29, 0.717) is 6.54 Å². The van der Waals surface area contributed by atoms with Crippen molar-refractivity contribution in [3.05, 3.63) is 48.0 Å². The number of nitrogens with zero attached hydrogens (tertiary/aromatic N) is 4. The molecule has 0 unspecified atom stereocenters. The maximum atomic E-state index is 8.96. The molecule has 0 saturated heterocycles. The van der Waals surface area contributed by atoms with Crippen molar-refractivity contribution in [1.29, 1.82) is 0 Å². The van der Waals surface area contributed by atoms with E-state index >= 15 is 0 Å². The standard InChI is InChI=1S/C14H14N4OS/c19-9-8-18-14(15-16-17-18)20-10-12-6-3-5-11-4-1-2-7-13(11)12/h1-7,19H,8-10H2. The smallest absolute Gasteiger partial charge is 0.209 e. The van der Waals surface area contributed by atoms with Gasteiger partial charge in [-0.15, -0.1) is 5.10 Å². The number of benzene rings is 2. The van der Waals surface area contributed by atoms with Crippen molar-refractivity contribution in [2.45, 2.75) is 17.5 Å². The Hall–Kier alpha value is -1.92. The van der Waals surface area contributed by atoms with Crippen molar-refractivity contribution in [3.8, 4) is 0 Å². The molecule has 3 rings (SSSR count). The van der Waals surface area contributed by atoms with E-state index in [9.17, 15) is 0 Å². The highest BCUT2D eigenvalue weighted by Gasteiger charge is 2.08. The molecule has 0 atom stereocenters. The topological polar surface area (TPSA) is 63.8 Å². The van der Waals surface area contributed by atoms with Gasteiger partial charge in [-0.1, -0.05) is 54.2 Å². The molecule has 0 bridgehead atoms. The Morgan fingerprint density at radius 2 is 1.95 bits per heavy atom. The monoisotopic (exact) mass is 286 g/mol. The van der Waals surface area contributed by atoms with Crippen LogP contribution in [-0.4, -0.2) is 31.9 Å². The number of rotatable bonds is 5. The Morgan fingerprint density at radius 3 is 2.85 bits per heavy atom. The fourth-order valence-corrected chi connectivity index (χ4v) is 3.00. The summed E-state index contributed by atoms with van der Waals surface area (Å²) in [6, 6.07) is 14.6. The Kier molecular flexibility index (Phi) is 3.94. The summed E-state index contributed by atoms with van der Waals surface area (Å²) in [4.78, 5) is 0. The number of aromatic nitrogens is 4. The predicted octanol–water partition coefficient (Wildman–Crippen LogP) is 2.11. The number of hydrogen-bond donors (Lipinski definition) is 1. The van der Waals surface area contributed by atoms with Crippen LogP contribution in [0.4, 0.5) is 0 Å². The summed E-state index contributed by atoms with van der Waals surface area (Å²) < 4.78 is 1.62. The fraction of sp³-hybridized carbons (Fsp3) is 0.214. The van der Waals surface area contributed by atoms with Crippen LogP contribution in [0.3, 0.4) is 0 Å². The SMILES string of the molecule is OCCn1nnnc1SCc1cccc2ccccc12. The molecule has 0 aliphatic carbocycles. The first-order valence-electron chi connectivity index (χ1n) is 6.35. The van der Waals surface area contributed by atoms with E-state index in [1.54, 1.807) is 16.4 Å². The number of aliphatic hydroxyl groups excluding tert-OH is 1. The summed E-state index contributed by atoms with van der Waals surface area (Å²) in [5, 5.41) is 23.7. The van der Waals surface area contributed by atoms with Gasteiger partial charge in [0.2, 0.25) is 5.16 Å². The first-order valence-corrected chi connectivity index (χ1v) is 7.33. The van der Waals surface area contributed by atoms with Gasteiger partial charge in [-0.2, -0.15) is 0 Å². The average Bonchev–Trinajstić information content (AvgIpc) is 2.93. The van der Waals surface area contributed by atoms with Gasteiger partial charge in [-0.25, -0.2) is 4.68 Å². The van der Waals surface area contributed by atoms with Gasteiger partial charge in [-0.3, -0.25) is 0 Å². The number of fused-ring (bicyclic) bond motifs is 1. The summed E-state index contributed by atoms with van der Waals surface area (Å²) in [6.45, 7) is 0.456. The lowest BCUT2D eigenvalue weighted by molar-refractivity contribution is 0.262. The summed E-state index contributed by atoms with van der Waals surface area (Å²) in [5.41, 5.74) is 1.26. The zero-order valence-corrected chi connectivity index (χ0v) is 11.6. The van der Waals surface area contributed by atoms with Crippen LogP contribution >= 0.6 is 11.8 Å². The zero-order valence-electron chi connectivity index (χ0n) is 10.8. The summed E-state index contributed by atoms with van der Waals surface area (Å²) in [6.07, 6.45) is 0. The third-order valence-corrected chi connectivity index (χ3v) is 4.05. The van der Waals surface area contributed by atoms with Crippen LogP contribution in [0.1, 0.15) is 5.56 Å². The lowest BCUT2D eigenvalue weighted by Crippen LogP contribution is -2.05. The van der Waals surface area contributed by atoms with E-state index < -0.39 is 0 Å². The third kappa shape index (κ3) is 2.66. The molecule has 1 N–H and O–H groups in total. The second-order valence-electron chi connectivity index (χ2n) is 4.34. The van der Waals surface area contributed by atoms with Crippen molar-refractivity contribution in [3.63, 3.8) is 0 Å². The molecule has 1 aromatic heterocycles. The molecule has 20 heavy (non-hydrogen) atoms. The van der Waals surface area contributed by atoms with Crippen molar-refractivity contribution < 1.29 is 5.11 Å². The predicted molar refractivity (Wildman–Crippen MR) is 78.4 cm³/mol. The molecule has 6 heteroatoms. The van der Waals surface area contributed by atoms with Gasteiger partial charge < -0.3 is 5.11 Å². The summed E-state index contributed by atoms with van der Waals surface area (Å²) in [5.74, 6) is 0.799. The Bertz CT molecular complexity index is 708. The van der Waals surface area contributed by atoms with Gasteiger partial charge in [-0.05, 0) is 26.8 Å². The maximum Gasteiger partial charge on any atom is 0.209 e. The molecular weight excluding hydrogens is 272 g/mol. The lowest BCUT2D eigenvalue weighted by atomic mass is 10.1. The molecule has 1 heterocycles. The van der Waals surface area contributed by atoms with Crippen LogP contribution in [0.2, 0.25) is 0 Å². The zero-order chi connectivity index (χ0) is 13.8. The maximum absolute atomic E-state index is 8.96. The molecule has 0 aliphatic heterocycles. The number of hydrogen-bond acceptors (Lipinski definition) is 5. The first-order chi connectivity index (χ1) is 9.88. The summed E-state index contributed by atoms with van der Waals surface area (Å²) in [7, 11) is 0. The van der Waals surface area contributed by atoms with Crippen LogP contribution in [0.15, 0.2) is 47.6 Å². The van der Waals surface area contributed by atoms with Crippen molar-refractivity contribution >= 4 is 22.5 Å². The normalized spacial score (nSPS) is 11.1. The Morgan fingerprint density at radius 1 is 1.10 bits per heavy atom. The van der Waals surface area contributed by atoms with Gasteiger partial charge in [0.05, 0.1) is 13.2 Å². The first kappa shape index (κ1) is 13.1. The average molecular weight is 286 g/mol. The van der Waals surface area contributed by atoms with E-state index in [1.807, 2.05) is 12.1 Å². The Labute approximate surface area is 120 Å². The molecule has 102 valence electrons. The van der Waals surface area contributed by atoms with Crippen LogP contribution in [0.5, 0.6) is 0 Å². The van der Waals surface area contributed by atoms with Gasteiger partial charge >= 0.3 is 0 Å².